The molecule has 3 N–H and O–H groups in total. The summed E-state index contributed by atoms with van der Waals surface area (Å²) in [7, 11) is 0. The van der Waals surface area contributed by atoms with E-state index in [0.29, 0.717) is 11.3 Å². The molecule has 0 saturated carbocycles. The van der Waals surface area contributed by atoms with E-state index in [4.69, 9.17) is 4.74 Å². The van der Waals surface area contributed by atoms with Crippen molar-refractivity contribution in [2.75, 3.05) is 18.5 Å². The summed E-state index contributed by atoms with van der Waals surface area (Å²) >= 11 is 0. The third-order valence-electron chi connectivity index (χ3n) is 4.65. The fourth-order valence-electron chi connectivity index (χ4n) is 2.84. The van der Waals surface area contributed by atoms with Gasteiger partial charge in [0.25, 0.3) is 11.8 Å². The van der Waals surface area contributed by atoms with Crippen molar-refractivity contribution in [1.29, 1.82) is 0 Å². The van der Waals surface area contributed by atoms with Gasteiger partial charge >= 0.3 is 12.0 Å². The number of urea groups is 1. The Hall–Kier alpha value is -3.68. The molecule has 8 nitrogen and oxygen atoms in total. The Morgan fingerprint density at radius 2 is 1.59 bits per heavy atom. The molecule has 0 bridgehead atoms. The lowest BCUT2D eigenvalue weighted by molar-refractivity contribution is -0.147. The zero-order valence-electron chi connectivity index (χ0n) is 19.0. The van der Waals surface area contributed by atoms with Crippen LogP contribution in [0.4, 0.5) is 10.5 Å². The molecule has 170 valence electrons. The van der Waals surface area contributed by atoms with Crippen LogP contribution in [0, 0.1) is 13.8 Å². The molecule has 0 spiro atoms. The minimum Gasteiger partial charge on any atom is -0.454 e. The SMILES string of the molecule is Cc1ccc(NC(=O)NC(=O)COC(=O)CNC(=O)c2ccc(C(C)(C)C)cc2)c(C)c1. The van der Waals surface area contributed by atoms with E-state index in [1.54, 1.807) is 18.2 Å². The first-order valence-corrected chi connectivity index (χ1v) is 10.2. The first-order valence-electron chi connectivity index (χ1n) is 10.2. The monoisotopic (exact) mass is 439 g/mol. The van der Waals surface area contributed by atoms with E-state index in [9.17, 15) is 19.2 Å². The topological polar surface area (TPSA) is 114 Å². The predicted molar refractivity (Wildman–Crippen MR) is 122 cm³/mol. The van der Waals surface area contributed by atoms with Crippen molar-refractivity contribution in [3.8, 4) is 0 Å². The van der Waals surface area contributed by atoms with Crippen molar-refractivity contribution < 1.29 is 23.9 Å². The number of anilines is 1. The molecule has 0 aliphatic heterocycles. The zero-order valence-corrected chi connectivity index (χ0v) is 19.0. The van der Waals surface area contributed by atoms with Gasteiger partial charge in [-0.1, -0.05) is 50.6 Å². The van der Waals surface area contributed by atoms with Crippen molar-refractivity contribution in [3.05, 3.63) is 64.7 Å². The number of nitrogens with one attached hydrogen (secondary N) is 3. The van der Waals surface area contributed by atoms with E-state index in [-0.39, 0.29) is 5.41 Å². The Kier molecular flexibility index (Phi) is 8.12. The van der Waals surface area contributed by atoms with E-state index in [1.165, 1.54) is 0 Å². The molecule has 2 aromatic carbocycles. The molecular weight excluding hydrogens is 410 g/mol. The smallest absolute Gasteiger partial charge is 0.325 e. The number of hydrogen-bond donors (Lipinski definition) is 3. The van der Waals surface area contributed by atoms with Gasteiger partial charge in [0.05, 0.1) is 0 Å². The number of imide groups is 1. The highest BCUT2D eigenvalue weighted by Gasteiger charge is 2.16. The second-order valence-corrected chi connectivity index (χ2v) is 8.49. The maximum absolute atomic E-state index is 12.2. The molecular formula is C24H29N3O5. The highest BCUT2D eigenvalue weighted by atomic mass is 16.5. The van der Waals surface area contributed by atoms with Crippen molar-refractivity contribution in [2.45, 2.75) is 40.0 Å². The van der Waals surface area contributed by atoms with E-state index in [0.717, 1.165) is 16.7 Å². The lowest BCUT2D eigenvalue weighted by atomic mass is 9.87. The summed E-state index contributed by atoms with van der Waals surface area (Å²) in [5, 5.41) is 7.08. The molecule has 4 amide bonds. The Bertz CT molecular complexity index is 1010. The largest absolute Gasteiger partial charge is 0.454 e. The first kappa shape index (κ1) is 24.6. The van der Waals surface area contributed by atoms with Gasteiger partial charge in [-0.3, -0.25) is 19.7 Å². The van der Waals surface area contributed by atoms with Crippen molar-refractivity contribution in [1.82, 2.24) is 10.6 Å². The van der Waals surface area contributed by atoms with E-state index >= 15 is 0 Å². The van der Waals surface area contributed by atoms with Crippen LogP contribution >= 0.6 is 0 Å². The number of esters is 1. The maximum atomic E-state index is 12.2. The number of carbonyl (C=O) groups excluding carboxylic acids is 4. The number of benzene rings is 2. The second kappa shape index (κ2) is 10.6. The number of carbonyl (C=O) groups is 4. The predicted octanol–water partition coefficient (Wildman–Crippen LogP) is 3.22. The quantitative estimate of drug-likeness (QED) is 0.598. The standard InChI is InChI=1S/C24H29N3O5/c1-15-6-11-19(16(2)12-15)26-23(31)27-20(28)14-32-21(29)13-25-22(30)17-7-9-18(10-8-17)24(3,4)5/h6-12H,13-14H2,1-5H3,(H,25,30)(H2,26,27,28,31). The second-order valence-electron chi connectivity index (χ2n) is 8.49. The Balaban J connectivity index is 1.73. The Labute approximate surface area is 187 Å². The van der Waals surface area contributed by atoms with Crippen LogP contribution in [0.25, 0.3) is 0 Å². The van der Waals surface area contributed by atoms with Crippen molar-refractivity contribution in [3.63, 3.8) is 0 Å². The minimum absolute atomic E-state index is 0.0325. The summed E-state index contributed by atoms with van der Waals surface area (Å²) in [6.07, 6.45) is 0. The summed E-state index contributed by atoms with van der Waals surface area (Å²) in [4.78, 5) is 47.7. The summed E-state index contributed by atoms with van der Waals surface area (Å²) < 4.78 is 4.80. The fraction of sp³-hybridized carbons (Fsp3) is 0.333. The molecule has 0 unspecified atom stereocenters. The van der Waals surface area contributed by atoms with Crippen molar-refractivity contribution >= 4 is 29.5 Å². The normalized spacial score (nSPS) is 10.8. The number of ether oxygens (including phenoxy) is 1. The van der Waals surface area contributed by atoms with Crippen LogP contribution in [0.2, 0.25) is 0 Å². The zero-order chi connectivity index (χ0) is 23.9. The van der Waals surface area contributed by atoms with Crippen LogP contribution in [0.15, 0.2) is 42.5 Å². The Morgan fingerprint density at radius 3 is 2.19 bits per heavy atom. The molecule has 0 fully saturated rings. The average Bonchev–Trinajstić information content (AvgIpc) is 2.72. The number of rotatable bonds is 6. The van der Waals surface area contributed by atoms with E-state index in [1.807, 2.05) is 38.1 Å². The number of aryl methyl sites for hydroxylation is 2. The van der Waals surface area contributed by atoms with Gasteiger partial charge in [0.15, 0.2) is 6.61 Å². The van der Waals surface area contributed by atoms with Crippen molar-refractivity contribution in [2.24, 2.45) is 0 Å². The molecule has 2 aromatic rings. The first-order chi connectivity index (χ1) is 15.0. The lowest BCUT2D eigenvalue weighted by Crippen LogP contribution is -2.38. The van der Waals surface area contributed by atoms with E-state index in [2.05, 4.69) is 36.7 Å². The molecule has 0 heterocycles. The van der Waals surface area contributed by atoms with Gasteiger partial charge in [0.1, 0.15) is 6.54 Å². The number of hydrogen-bond acceptors (Lipinski definition) is 5. The van der Waals surface area contributed by atoms with Gasteiger partial charge in [-0.2, -0.15) is 0 Å². The lowest BCUT2D eigenvalue weighted by Gasteiger charge is -2.19. The minimum atomic E-state index is -0.797. The summed E-state index contributed by atoms with van der Waals surface area (Å²) in [6.45, 7) is 8.93. The van der Waals surface area contributed by atoms with Gasteiger partial charge < -0.3 is 15.4 Å². The third kappa shape index (κ3) is 7.54. The molecule has 0 aliphatic rings. The Morgan fingerprint density at radius 1 is 0.938 bits per heavy atom. The fourth-order valence-corrected chi connectivity index (χ4v) is 2.84. The van der Waals surface area contributed by atoms with Gasteiger partial charge in [-0.05, 0) is 48.6 Å². The molecule has 0 atom stereocenters. The molecule has 32 heavy (non-hydrogen) atoms. The van der Waals surface area contributed by atoms with Crippen LogP contribution < -0.4 is 16.0 Å². The van der Waals surface area contributed by atoms with Crippen LogP contribution in [-0.2, 0) is 19.7 Å². The van der Waals surface area contributed by atoms with Gasteiger partial charge in [-0.25, -0.2) is 4.79 Å². The van der Waals surface area contributed by atoms with Gasteiger partial charge in [0, 0.05) is 11.3 Å². The van der Waals surface area contributed by atoms with Gasteiger partial charge in [-0.15, -0.1) is 0 Å². The molecule has 2 rings (SSSR count). The molecule has 0 radical (unpaired) electrons. The molecule has 0 aliphatic carbocycles. The average molecular weight is 440 g/mol. The number of amides is 4. The van der Waals surface area contributed by atoms with Crippen LogP contribution in [-0.4, -0.2) is 37.0 Å². The summed E-state index contributed by atoms with van der Waals surface area (Å²) in [6, 6.07) is 11.8. The molecule has 0 saturated heterocycles. The summed E-state index contributed by atoms with van der Waals surface area (Å²) in [5.41, 5.74) is 3.92. The summed E-state index contributed by atoms with van der Waals surface area (Å²) in [5.74, 6) is -2.01. The van der Waals surface area contributed by atoms with Crippen LogP contribution in [0.5, 0.6) is 0 Å². The van der Waals surface area contributed by atoms with Gasteiger partial charge in [0.2, 0.25) is 0 Å². The van der Waals surface area contributed by atoms with Crippen LogP contribution in [0.3, 0.4) is 0 Å². The highest BCUT2D eigenvalue weighted by Crippen LogP contribution is 2.22. The van der Waals surface area contributed by atoms with Crippen LogP contribution in [0.1, 0.15) is 47.8 Å². The molecule has 0 aromatic heterocycles. The van der Waals surface area contributed by atoms with E-state index < -0.39 is 37.0 Å². The third-order valence-corrected chi connectivity index (χ3v) is 4.65. The highest BCUT2D eigenvalue weighted by molar-refractivity contribution is 6.02. The molecule has 8 heteroatoms. The maximum Gasteiger partial charge on any atom is 0.325 e.